The molecule has 0 radical (unpaired) electrons. The first kappa shape index (κ1) is 16.2. The molecule has 0 aliphatic heterocycles. The minimum Gasteiger partial charge on any atom is -0.304 e. The van der Waals surface area contributed by atoms with Gasteiger partial charge in [-0.25, -0.2) is 0 Å². The van der Waals surface area contributed by atoms with E-state index in [0.717, 1.165) is 4.68 Å². The Morgan fingerprint density at radius 1 is 1.17 bits per heavy atom. The monoisotopic (exact) mass is 355 g/mol. The topological polar surface area (TPSA) is 64.7 Å². The quantitative estimate of drug-likeness (QED) is 0.785. The summed E-state index contributed by atoms with van der Waals surface area (Å²) in [6.07, 6.45) is -1.95. The van der Waals surface area contributed by atoms with E-state index in [1.165, 1.54) is 35.5 Å². The predicted octanol–water partition coefficient (Wildman–Crippen LogP) is 3.15. The van der Waals surface area contributed by atoms with Crippen LogP contribution >= 0.6 is 11.3 Å². The molecular formula is C14H12F3N5OS. The Kier molecular flexibility index (Phi) is 3.91. The molecule has 0 atom stereocenters. The zero-order valence-electron chi connectivity index (χ0n) is 12.6. The van der Waals surface area contributed by atoms with Gasteiger partial charge in [-0.1, -0.05) is 6.07 Å². The van der Waals surface area contributed by atoms with Crippen molar-refractivity contribution in [2.75, 3.05) is 5.32 Å². The van der Waals surface area contributed by atoms with E-state index in [4.69, 9.17) is 0 Å². The minimum atomic E-state index is -4.61. The average molecular weight is 355 g/mol. The fourth-order valence-electron chi connectivity index (χ4n) is 2.25. The Morgan fingerprint density at radius 2 is 1.83 bits per heavy atom. The van der Waals surface area contributed by atoms with E-state index < -0.39 is 17.8 Å². The van der Waals surface area contributed by atoms with E-state index in [1.54, 1.807) is 24.6 Å². The van der Waals surface area contributed by atoms with Crippen LogP contribution in [-0.4, -0.2) is 25.5 Å². The Morgan fingerprint density at radius 3 is 2.46 bits per heavy atom. The maximum atomic E-state index is 13.2. The molecule has 24 heavy (non-hydrogen) atoms. The highest BCUT2D eigenvalue weighted by Gasteiger charge is 2.38. The van der Waals surface area contributed by atoms with Crippen molar-refractivity contribution in [3.05, 3.63) is 40.5 Å². The molecule has 0 fully saturated rings. The van der Waals surface area contributed by atoms with Crippen LogP contribution in [0.3, 0.4) is 0 Å². The van der Waals surface area contributed by atoms with Crippen LogP contribution in [0, 0.1) is 0 Å². The molecule has 0 saturated heterocycles. The lowest BCUT2D eigenvalue weighted by Crippen LogP contribution is -2.12. The number of hydrogen-bond donors (Lipinski definition) is 1. The molecular weight excluding hydrogens is 343 g/mol. The van der Waals surface area contributed by atoms with Crippen molar-refractivity contribution in [3.63, 3.8) is 0 Å². The summed E-state index contributed by atoms with van der Waals surface area (Å²) < 4.78 is 42.0. The van der Waals surface area contributed by atoms with Crippen LogP contribution < -0.4 is 5.32 Å². The summed E-state index contributed by atoms with van der Waals surface area (Å²) in [5.41, 5.74) is -1.01. The van der Waals surface area contributed by atoms with Crippen molar-refractivity contribution in [1.82, 2.24) is 19.6 Å². The molecule has 0 spiro atoms. The van der Waals surface area contributed by atoms with Gasteiger partial charge in [-0.3, -0.25) is 14.2 Å². The first-order chi connectivity index (χ1) is 11.3. The molecule has 0 aromatic carbocycles. The summed E-state index contributed by atoms with van der Waals surface area (Å²) in [5, 5.41) is 11.8. The van der Waals surface area contributed by atoms with Gasteiger partial charge in [0.05, 0.1) is 4.88 Å². The smallest absolute Gasteiger partial charge is 0.304 e. The van der Waals surface area contributed by atoms with Crippen molar-refractivity contribution in [1.29, 1.82) is 0 Å². The predicted molar refractivity (Wildman–Crippen MR) is 82.7 cm³/mol. The number of alkyl halides is 3. The third kappa shape index (κ3) is 3.04. The molecule has 0 bridgehead atoms. The third-order valence-corrected chi connectivity index (χ3v) is 4.06. The van der Waals surface area contributed by atoms with Gasteiger partial charge >= 0.3 is 6.18 Å². The molecule has 0 aliphatic rings. The number of amides is 1. The average Bonchev–Trinajstić information content (AvgIpc) is 3.17. The fourth-order valence-corrected chi connectivity index (χ4v) is 2.87. The number of aryl methyl sites for hydroxylation is 2. The highest BCUT2D eigenvalue weighted by atomic mass is 32.1. The third-order valence-electron chi connectivity index (χ3n) is 3.19. The van der Waals surface area contributed by atoms with Crippen LogP contribution in [0.5, 0.6) is 0 Å². The zero-order valence-corrected chi connectivity index (χ0v) is 13.4. The van der Waals surface area contributed by atoms with Gasteiger partial charge < -0.3 is 5.32 Å². The Bertz CT molecular complexity index is 879. The molecule has 6 nitrogen and oxygen atoms in total. The molecule has 1 amide bonds. The van der Waals surface area contributed by atoms with Crippen molar-refractivity contribution >= 4 is 23.1 Å². The molecule has 3 aromatic heterocycles. The van der Waals surface area contributed by atoms with Crippen LogP contribution in [0.25, 0.3) is 11.1 Å². The SMILES string of the molecule is Cn1cc(-c2cn(C)nc2C(F)(F)F)c(NC(=O)c2cccs2)n1. The van der Waals surface area contributed by atoms with Crippen molar-refractivity contribution < 1.29 is 18.0 Å². The Hall–Kier alpha value is -2.62. The minimum absolute atomic E-state index is 0.0504. The zero-order chi connectivity index (χ0) is 17.5. The summed E-state index contributed by atoms with van der Waals surface area (Å²) in [6, 6.07) is 3.33. The number of hydrogen-bond acceptors (Lipinski definition) is 4. The van der Waals surface area contributed by atoms with Crippen LogP contribution in [0.15, 0.2) is 29.9 Å². The number of carbonyl (C=O) groups is 1. The highest BCUT2D eigenvalue weighted by molar-refractivity contribution is 7.12. The number of carbonyl (C=O) groups excluding carboxylic acids is 1. The van der Waals surface area contributed by atoms with Crippen LogP contribution in [0.4, 0.5) is 19.0 Å². The molecule has 3 aromatic rings. The molecule has 1 N–H and O–H groups in total. The van der Waals surface area contributed by atoms with Gasteiger partial charge in [0.1, 0.15) is 0 Å². The number of nitrogens with one attached hydrogen (secondary N) is 1. The second kappa shape index (κ2) is 5.78. The summed E-state index contributed by atoms with van der Waals surface area (Å²) in [4.78, 5) is 12.6. The van der Waals surface area contributed by atoms with Gasteiger partial charge in [-0.15, -0.1) is 11.3 Å². The van der Waals surface area contributed by atoms with Gasteiger partial charge in [-0.2, -0.15) is 23.4 Å². The van der Waals surface area contributed by atoms with Gasteiger partial charge in [0.2, 0.25) is 0 Å². The van der Waals surface area contributed by atoms with Gasteiger partial charge in [0.15, 0.2) is 11.5 Å². The number of halogens is 3. The standard InChI is InChI=1S/C14H12F3N5OS/c1-21-6-8(11(19-21)14(15,16)17)9-7-22(2)20-12(9)18-13(23)10-4-3-5-24-10/h3-7H,1-2H3,(H,18,20,23). The molecule has 10 heteroatoms. The largest absolute Gasteiger partial charge is 0.435 e. The van der Waals surface area contributed by atoms with E-state index in [2.05, 4.69) is 15.5 Å². The van der Waals surface area contributed by atoms with E-state index in [-0.39, 0.29) is 16.9 Å². The number of thiophene rings is 1. The van der Waals surface area contributed by atoms with E-state index in [9.17, 15) is 18.0 Å². The van der Waals surface area contributed by atoms with Gasteiger partial charge in [-0.05, 0) is 11.4 Å². The first-order valence-corrected chi connectivity index (χ1v) is 7.63. The van der Waals surface area contributed by atoms with E-state index in [0.29, 0.717) is 4.88 Å². The molecule has 0 saturated carbocycles. The molecule has 126 valence electrons. The number of anilines is 1. The summed E-state index contributed by atoms with van der Waals surface area (Å²) >= 11 is 1.23. The Balaban J connectivity index is 2.03. The lowest BCUT2D eigenvalue weighted by molar-refractivity contribution is -0.140. The molecule has 0 unspecified atom stereocenters. The lowest BCUT2D eigenvalue weighted by atomic mass is 10.1. The maximum absolute atomic E-state index is 13.2. The second-order valence-electron chi connectivity index (χ2n) is 5.06. The highest BCUT2D eigenvalue weighted by Crippen LogP contribution is 2.38. The van der Waals surface area contributed by atoms with Gasteiger partial charge in [0, 0.05) is 37.6 Å². The lowest BCUT2D eigenvalue weighted by Gasteiger charge is -2.06. The number of nitrogens with zero attached hydrogens (tertiary/aromatic N) is 4. The van der Waals surface area contributed by atoms with Crippen LogP contribution in [-0.2, 0) is 20.3 Å². The molecule has 0 aliphatic carbocycles. The van der Waals surface area contributed by atoms with E-state index >= 15 is 0 Å². The number of rotatable bonds is 3. The number of aromatic nitrogens is 4. The fraction of sp³-hybridized carbons (Fsp3) is 0.214. The van der Waals surface area contributed by atoms with E-state index in [1.807, 2.05) is 0 Å². The van der Waals surface area contributed by atoms with Crippen molar-refractivity contribution in [2.24, 2.45) is 14.1 Å². The first-order valence-electron chi connectivity index (χ1n) is 6.75. The molecule has 3 heterocycles. The van der Waals surface area contributed by atoms with Crippen molar-refractivity contribution in [3.8, 4) is 11.1 Å². The second-order valence-corrected chi connectivity index (χ2v) is 6.01. The van der Waals surface area contributed by atoms with Crippen LogP contribution in [0.2, 0.25) is 0 Å². The molecule has 3 rings (SSSR count). The van der Waals surface area contributed by atoms with Gasteiger partial charge in [0.25, 0.3) is 5.91 Å². The summed E-state index contributed by atoms with van der Waals surface area (Å²) in [6.45, 7) is 0. The summed E-state index contributed by atoms with van der Waals surface area (Å²) in [7, 11) is 2.97. The summed E-state index contributed by atoms with van der Waals surface area (Å²) in [5.74, 6) is -0.378. The maximum Gasteiger partial charge on any atom is 0.435 e. The normalized spacial score (nSPS) is 11.7. The Labute approximate surface area is 138 Å². The van der Waals surface area contributed by atoms with Crippen molar-refractivity contribution in [2.45, 2.75) is 6.18 Å². The van der Waals surface area contributed by atoms with Crippen LogP contribution in [0.1, 0.15) is 15.4 Å².